The monoisotopic (exact) mass is 328 g/mol. The molecule has 2 heterocycles. The van der Waals surface area contributed by atoms with Gasteiger partial charge in [0, 0.05) is 38.4 Å². The molecule has 1 N–H and O–H groups in total. The summed E-state index contributed by atoms with van der Waals surface area (Å²) < 4.78 is 5.36. The quantitative estimate of drug-likeness (QED) is 0.901. The molecule has 1 aliphatic heterocycles. The van der Waals surface area contributed by atoms with Crippen LogP contribution in [0.15, 0.2) is 41.2 Å². The summed E-state index contributed by atoms with van der Waals surface area (Å²) in [5.41, 5.74) is 2.10. The van der Waals surface area contributed by atoms with E-state index in [-0.39, 0.29) is 17.2 Å². The van der Waals surface area contributed by atoms with Gasteiger partial charge < -0.3 is 14.5 Å². The Labute approximate surface area is 139 Å². The highest BCUT2D eigenvalue weighted by atomic mass is 16.5. The maximum absolute atomic E-state index is 12.3. The van der Waals surface area contributed by atoms with Crippen molar-refractivity contribution < 1.29 is 9.53 Å². The van der Waals surface area contributed by atoms with E-state index < -0.39 is 0 Å². The van der Waals surface area contributed by atoms with Crippen molar-refractivity contribution in [2.75, 3.05) is 38.3 Å². The lowest BCUT2D eigenvalue weighted by Gasteiger charge is -2.29. The van der Waals surface area contributed by atoms with Gasteiger partial charge in [-0.15, -0.1) is 0 Å². The van der Waals surface area contributed by atoms with Crippen LogP contribution in [-0.2, 0) is 11.3 Å². The molecule has 1 aromatic heterocycles. The number of morpholine rings is 1. The van der Waals surface area contributed by atoms with Crippen LogP contribution >= 0.6 is 0 Å². The highest BCUT2D eigenvalue weighted by Gasteiger charge is 2.14. The standard InChI is InChI=1S/C17H20N4O3/c1-20(17(23)15-6-7-16(22)19-18-15)12-13-2-4-14(5-3-13)21-8-10-24-11-9-21/h2-7H,8-12H2,1H3,(H,19,22). The van der Waals surface area contributed by atoms with E-state index in [1.54, 1.807) is 11.9 Å². The Morgan fingerprint density at radius 3 is 2.54 bits per heavy atom. The number of anilines is 1. The number of carbonyl (C=O) groups excluding carboxylic acids is 1. The molecule has 0 spiro atoms. The van der Waals surface area contributed by atoms with E-state index >= 15 is 0 Å². The van der Waals surface area contributed by atoms with Gasteiger partial charge in [0.25, 0.3) is 11.5 Å². The number of hydrogen-bond donors (Lipinski definition) is 1. The minimum atomic E-state index is -0.326. The molecule has 3 rings (SSSR count). The molecular weight excluding hydrogens is 308 g/mol. The topological polar surface area (TPSA) is 78.5 Å². The van der Waals surface area contributed by atoms with Crippen LogP contribution in [0.2, 0.25) is 0 Å². The molecule has 1 fully saturated rings. The molecule has 1 aliphatic rings. The third-order valence-electron chi connectivity index (χ3n) is 3.98. The molecule has 0 unspecified atom stereocenters. The molecule has 0 atom stereocenters. The van der Waals surface area contributed by atoms with Crippen LogP contribution in [-0.4, -0.2) is 54.4 Å². The first-order chi connectivity index (χ1) is 11.6. The van der Waals surface area contributed by atoms with Gasteiger partial charge in [-0.3, -0.25) is 9.59 Å². The Balaban J connectivity index is 1.63. The van der Waals surface area contributed by atoms with E-state index in [4.69, 9.17) is 4.74 Å². The number of nitrogens with one attached hydrogen (secondary N) is 1. The van der Waals surface area contributed by atoms with Crippen LogP contribution in [0.4, 0.5) is 5.69 Å². The predicted molar refractivity (Wildman–Crippen MR) is 90.1 cm³/mol. The molecule has 2 aromatic rings. The predicted octanol–water partition coefficient (Wildman–Crippen LogP) is 0.879. The van der Waals surface area contributed by atoms with Crippen molar-refractivity contribution in [3.8, 4) is 0 Å². The van der Waals surface area contributed by atoms with Gasteiger partial charge in [0.2, 0.25) is 0 Å². The summed E-state index contributed by atoms with van der Waals surface area (Å²) in [6.07, 6.45) is 0. The maximum Gasteiger partial charge on any atom is 0.274 e. The SMILES string of the molecule is CN(Cc1ccc(N2CCOCC2)cc1)C(=O)c1ccc(=O)[nH]n1. The zero-order valence-corrected chi connectivity index (χ0v) is 13.6. The largest absolute Gasteiger partial charge is 0.378 e. The number of amides is 1. The van der Waals surface area contributed by atoms with E-state index in [1.165, 1.54) is 17.8 Å². The summed E-state index contributed by atoms with van der Waals surface area (Å²) in [7, 11) is 1.71. The number of H-pyrrole nitrogens is 1. The molecule has 7 heteroatoms. The first kappa shape index (κ1) is 16.2. The van der Waals surface area contributed by atoms with Gasteiger partial charge in [-0.2, -0.15) is 5.10 Å². The number of carbonyl (C=O) groups is 1. The average molecular weight is 328 g/mol. The number of aromatic nitrogens is 2. The first-order valence-electron chi connectivity index (χ1n) is 7.86. The maximum atomic E-state index is 12.3. The highest BCUT2D eigenvalue weighted by molar-refractivity contribution is 5.91. The van der Waals surface area contributed by atoms with Crippen molar-refractivity contribution in [3.63, 3.8) is 0 Å². The van der Waals surface area contributed by atoms with Crippen LogP contribution in [0.25, 0.3) is 0 Å². The first-order valence-corrected chi connectivity index (χ1v) is 7.86. The second-order valence-electron chi connectivity index (χ2n) is 5.73. The number of aromatic amines is 1. The van der Waals surface area contributed by atoms with Gasteiger partial charge in [-0.05, 0) is 23.8 Å². The number of ether oxygens (including phenoxy) is 1. The van der Waals surface area contributed by atoms with Crippen molar-refractivity contribution in [1.82, 2.24) is 15.1 Å². The van der Waals surface area contributed by atoms with Crippen LogP contribution in [0, 0.1) is 0 Å². The second-order valence-corrected chi connectivity index (χ2v) is 5.73. The lowest BCUT2D eigenvalue weighted by atomic mass is 10.1. The van der Waals surface area contributed by atoms with Gasteiger partial charge in [-0.25, -0.2) is 5.10 Å². The van der Waals surface area contributed by atoms with Gasteiger partial charge in [0.15, 0.2) is 0 Å². The number of nitrogens with zero attached hydrogens (tertiary/aromatic N) is 3. The molecule has 0 saturated carbocycles. The summed E-state index contributed by atoms with van der Waals surface area (Å²) >= 11 is 0. The zero-order chi connectivity index (χ0) is 16.9. The van der Waals surface area contributed by atoms with Crippen LogP contribution < -0.4 is 10.5 Å². The summed E-state index contributed by atoms with van der Waals surface area (Å²) in [4.78, 5) is 27.2. The Kier molecular flexibility index (Phi) is 4.90. The fourth-order valence-corrected chi connectivity index (χ4v) is 2.64. The molecule has 126 valence electrons. The Morgan fingerprint density at radius 2 is 1.92 bits per heavy atom. The van der Waals surface area contributed by atoms with Gasteiger partial charge >= 0.3 is 0 Å². The molecule has 1 amide bonds. The molecule has 1 saturated heterocycles. The number of hydrogen-bond acceptors (Lipinski definition) is 5. The van der Waals surface area contributed by atoms with Crippen molar-refractivity contribution in [2.45, 2.75) is 6.54 Å². The van der Waals surface area contributed by atoms with Crippen molar-refractivity contribution in [2.24, 2.45) is 0 Å². The molecule has 7 nitrogen and oxygen atoms in total. The van der Waals surface area contributed by atoms with E-state index in [9.17, 15) is 9.59 Å². The zero-order valence-electron chi connectivity index (χ0n) is 13.6. The fourth-order valence-electron chi connectivity index (χ4n) is 2.64. The number of rotatable bonds is 4. The smallest absolute Gasteiger partial charge is 0.274 e. The minimum Gasteiger partial charge on any atom is -0.378 e. The van der Waals surface area contributed by atoms with Crippen molar-refractivity contribution in [3.05, 3.63) is 58.0 Å². The summed E-state index contributed by atoms with van der Waals surface area (Å²) in [6, 6.07) is 10.9. The van der Waals surface area contributed by atoms with Gasteiger partial charge in [0.05, 0.1) is 13.2 Å². The summed E-state index contributed by atoms with van der Waals surface area (Å²) in [6.45, 7) is 3.78. The molecule has 0 radical (unpaired) electrons. The van der Waals surface area contributed by atoms with Gasteiger partial charge in [0.1, 0.15) is 5.69 Å². The average Bonchev–Trinajstić information content (AvgIpc) is 2.63. The van der Waals surface area contributed by atoms with Crippen LogP contribution in [0.1, 0.15) is 16.1 Å². The normalized spacial score (nSPS) is 14.5. The molecular formula is C17H20N4O3. The van der Waals surface area contributed by atoms with Gasteiger partial charge in [-0.1, -0.05) is 12.1 Å². The Bertz CT molecular complexity index is 731. The van der Waals surface area contributed by atoms with E-state index in [1.807, 2.05) is 12.1 Å². The Hall–Kier alpha value is -2.67. The van der Waals surface area contributed by atoms with E-state index in [0.717, 1.165) is 31.9 Å². The van der Waals surface area contributed by atoms with Crippen LogP contribution in [0.3, 0.4) is 0 Å². The minimum absolute atomic E-state index is 0.224. The van der Waals surface area contributed by atoms with Crippen molar-refractivity contribution in [1.29, 1.82) is 0 Å². The van der Waals surface area contributed by atoms with E-state index in [0.29, 0.717) is 6.54 Å². The highest BCUT2D eigenvalue weighted by Crippen LogP contribution is 2.17. The Morgan fingerprint density at radius 1 is 1.21 bits per heavy atom. The molecule has 0 bridgehead atoms. The fraction of sp³-hybridized carbons (Fsp3) is 0.353. The lowest BCUT2D eigenvalue weighted by Crippen LogP contribution is -2.36. The lowest BCUT2D eigenvalue weighted by molar-refractivity contribution is 0.0778. The summed E-state index contributed by atoms with van der Waals surface area (Å²) in [5.74, 6) is -0.233. The summed E-state index contributed by atoms with van der Waals surface area (Å²) in [5, 5.41) is 6.04. The number of benzene rings is 1. The molecule has 1 aromatic carbocycles. The second kappa shape index (κ2) is 7.27. The van der Waals surface area contributed by atoms with Crippen LogP contribution in [0.5, 0.6) is 0 Å². The van der Waals surface area contributed by atoms with E-state index in [2.05, 4.69) is 27.2 Å². The van der Waals surface area contributed by atoms with Crippen molar-refractivity contribution >= 4 is 11.6 Å². The molecule has 24 heavy (non-hydrogen) atoms. The molecule has 0 aliphatic carbocycles. The third-order valence-corrected chi connectivity index (χ3v) is 3.98. The third kappa shape index (κ3) is 3.80.